The van der Waals surface area contributed by atoms with Crippen molar-refractivity contribution in [1.29, 1.82) is 0 Å². The van der Waals surface area contributed by atoms with E-state index in [0.29, 0.717) is 31.7 Å². The van der Waals surface area contributed by atoms with Crippen molar-refractivity contribution in [3.63, 3.8) is 0 Å². The largest absolute Gasteiger partial charge is 0.378 e. The number of benzene rings is 1. The van der Waals surface area contributed by atoms with Crippen LogP contribution in [0.5, 0.6) is 0 Å². The first-order valence-corrected chi connectivity index (χ1v) is 9.18. The van der Waals surface area contributed by atoms with Crippen molar-refractivity contribution in [2.45, 2.75) is 37.8 Å². The summed E-state index contributed by atoms with van der Waals surface area (Å²) in [6.45, 7) is 3.39. The Morgan fingerprint density at radius 1 is 1.24 bits per heavy atom. The first-order chi connectivity index (χ1) is 12.2. The van der Waals surface area contributed by atoms with E-state index in [4.69, 9.17) is 4.74 Å². The third kappa shape index (κ3) is 5.03. The average Bonchev–Trinajstić information content (AvgIpc) is 2.68. The number of likely N-dealkylation sites (tertiary alicyclic amines) is 1. The molecule has 2 fully saturated rings. The molecule has 0 saturated carbocycles. The zero-order chi connectivity index (χ0) is 17.5. The minimum Gasteiger partial charge on any atom is -0.378 e. The number of hydrogen-bond donors (Lipinski definition) is 2. The van der Waals surface area contributed by atoms with Gasteiger partial charge in [0, 0.05) is 43.7 Å². The van der Waals surface area contributed by atoms with Gasteiger partial charge in [-0.2, -0.15) is 0 Å². The van der Waals surface area contributed by atoms with Crippen molar-refractivity contribution in [1.82, 2.24) is 15.5 Å². The number of morpholine rings is 1. The number of carbonyl (C=O) groups is 2. The number of piperidine rings is 1. The maximum Gasteiger partial charge on any atom is 0.251 e. The number of nitrogens with one attached hydrogen (secondary N) is 2. The number of hydrogen-bond acceptors (Lipinski definition) is 4. The number of nitrogens with zero attached hydrogens (tertiary/aromatic N) is 1. The van der Waals surface area contributed by atoms with Crippen LogP contribution in [0.15, 0.2) is 30.3 Å². The Bertz CT molecular complexity index is 573. The van der Waals surface area contributed by atoms with Crippen molar-refractivity contribution in [2.24, 2.45) is 0 Å². The molecule has 2 saturated heterocycles. The lowest BCUT2D eigenvalue weighted by Gasteiger charge is -2.37. The summed E-state index contributed by atoms with van der Waals surface area (Å²) in [5.41, 5.74) is 0.653. The van der Waals surface area contributed by atoms with E-state index in [2.05, 4.69) is 10.6 Å². The number of ether oxygens (including phenoxy) is 1. The molecule has 2 N–H and O–H groups in total. The van der Waals surface area contributed by atoms with Crippen LogP contribution < -0.4 is 10.6 Å². The van der Waals surface area contributed by atoms with Gasteiger partial charge in [-0.25, -0.2) is 0 Å². The molecule has 2 unspecified atom stereocenters. The third-order valence-corrected chi connectivity index (χ3v) is 4.90. The van der Waals surface area contributed by atoms with E-state index in [-0.39, 0.29) is 23.9 Å². The van der Waals surface area contributed by atoms with Gasteiger partial charge in [0.2, 0.25) is 5.91 Å². The van der Waals surface area contributed by atoms with Gasteiger partial charge in [0.25, 0.3) is 5.91 Å². The van der Waals surface area contributed by atoms with Crippen LogP contribution in [-0.2, 0) is 9.53 Å². The molecule has 0 bridgehead atoms. The lowest BCUT2D eigenvalue weighted by atomic mass is 10.0. The van der Waals surface area contributed by atoms with E-state index in [1.807, 2.05) is 23.1 Å². The van der Waals surface area contributed by atoms with Gasteiger partial charge < -0.3 is 20.3 Å². The van der Waals surface area contributed by atoms with Crippen LogP contribution in [0, 0.1) is 0 Å². The number of rotatable bonds is 5. The van der Waals surface area contributed by atoms with E-state index < -0.39 is 0 Å². The summed E-state index contributed by atoms with van der Waals surface area (Å²) < 4.78 is 5.43. The summed E-state index contributed by atoms with van der Waals surface area (Å²) in [6, 6.07) is 9.37. The Labute approximate surface area is 148 Å². The van der Waals surface area contributed by atoms with Crippen molar-refractivity contribution in [3.05, 3.63) is 35.9 Å². The summed E-state index contributed by atoms with van der Waals surface area (Å²) in [5.74, 6) is 0.0718. The van der Waals surface area contributed by atoms with Gasteiger partial charge in [-0.3, -0.25) is 9.59 Å². The standard InChI is InChI=1S/C19H27N3O3/c23-18(12-16-14-25-11-9-20-16)22-10-5-4-8-17(22)13-21-19(24)15-6-2-1-3-7-15/h1-3,6-7,16-17,20H,4-5,8-14H2,(H,21,24). The van der Waals surface area contributed by atoms with Crippen molar-refractivity contribution in [3.8, 4) is 0 Å². The third-order valence-electron chi connectivity index (χ3n) is 4.90. The fourth-order valence-electron chi connectivity index (χ4n) is 3.52. The van der Waals surface area contributed by atoms with Crippen LogP contribution in [0.4, 0.5) is 0 Å². The van der Waals surface area contributed by atoms with E-state index in [0.717, 1.165) is 32.4 Å². The van der Waals surface area contributed by atoms with E-state index in [9.17, 15) is 9.59 Å². The Balaban J connectivity index is 1.53. The van der Waals surface area contributed by atoms with Crippen LogP contribution in [0.3, 0.4) is 0 Å². The molecule has 25 heavy (non-hydrogen) atoms. The van der Waals surface area contributed by atoms with E-state index in [1.165, 1.54) is 0 Å². The second-order valence-electron chi connectivity index (χ2n) is 6.74. The molecule has 136 valence electrons. The second-order valence-corrected chi connectivity index (χ2v) is 6.74. The molecule has 2 atom stereocenters. The highest BCUT2D eigenvalue weighted by Crippen LogP contribution is 2.18. The fraction of sp³-hybridized carbons (Fsp3) is 0.579. The maximum absolute atomic E-state index is 12.7. The van der Waals surface area contributed by atoms with Gasteiger partial charge in [-0.1, -0.05) is 18.2 Å². The van der Waals surface area contributed by atoms with Crippen molar-refractivity contribution in [2.75, 3.05) is 32.8 Å². The molecule has 1 aromatic rings. The van der Waals surface area contributed by atoms with Crippen LogP contribution in [-0.4, -0.2) is 61.6 Å². The molecule has 0 radical (unpaired) electrons. The molecule has 0 spiro atoms. The summed E-state index contributed by atoms with van der Waals surface area (Å²) in [7, 11) is 0. The molecule has 2 amide bonds. The first-order valence-electron chi connectivity index (χ1n) is 9.18. The SMILES string of the molecule is O=C(NCC1CCCCN1C(=O)CC1COCCN1)c1ccccc1. The molecular weight excluding hydrogens is 318 g/mol. The summed E-state index contributed by atoms with van der Waals surface area (Å²) in [6.07, 6.45) is 3.53. The molecular formula is C19H27N3O3. The monoisotopic (exact) mass is 345 g/mol. The molecule has 1 aromatic carbocycles. The number of amides is 2. The van der Waals surface area contributed by atoms with Gasteiger partial charge in [0.05, 0.1) is 13.2 Å². The zero-order valence-corrected chi connectivity index (χ0v) is 14.6. The Hall–Kier alpha value is -1.92. The predicted molar refractivity (Wildman–Crippen MR) is 95.4 cm³/mol. The predicted octanol–water partition coefficient (Wildman–Crippen LogP) is 1.18. The zero-order valence-electron chi connectivity index (χ0n) is 14.6. The Morgan fingerprint density at radius 3 is 2.84 bits per heavy atom. The number of carbonyl (C=O) groups excluding carboxylic acids is 2. The maximum atomic E-state index is 12.7. The normalized spacial score (nSPS) is 23.9. The lowest BCUT2D eigenvalue weighted by Crippen LogP contribution is -2.52. The van der Waals surface area contributed by atoms with Crippen LogP contribution in [0.2, 0.25) is 0 Å². The topological polar surface area (TPSA) is 70.7 Å². The molecule has 0 aliphatic carbocycles. The van der Waals surface area contributed by atoms with E-state index in [1.54, 1.807) is 12.1 Å². The molecule has 2 heterocycles. The Kier molecular flexibility index (Phi) is 6.42. The van der Waals surface area contributed by atoms with Gasteiger partial charge in [0.1, 0.15) is 0 Å². The molecule has 3 rings (SSSR count). The highest BCUT2D eigenvalue weighted by atomic mass is 16.5. The molecule has 6 nitrogen and oxygen atoms in total. The van der Waals surface area contributed by atoms with Crippen LogP contribution >= 0.6 is 0 Å². The molecule has 2 aliphatic rings. The fourth-order valence-corrected chi connectivity index (χ4v) is 3.52. The minimum atomic E-state index is -0.0825. The van der Waals surface area contributed by atoms with Gasteiger partial charge in [-0.15, -0.1) is 0 Å². The molecule has 6 heteroatoms. The lowest BCUT2D eigenvalue weighted by molar-refractivity contribution is -0.136. The minimum absolute atomic E-state index is 0.0819. The average molecular weight is 345 g/mol. The highest BCUT2D eigenvalue weighted by Gasteiger charge is 2.29. The second kappa shape index (κ2) is 8.97. The first kappa shape index (κ1) is 17.9. The summed E-state index contributed by atoms with van der Waals surface area (Å²) in [4.78, 5) is 26.9. The van der Waals surface area contributed by atoms with Crippen molar-refractivity contribution < 1.29 is 14.3 Å². The molecule has 2 aliphatic heterocycles. The van der Waals surface area contributed by atoms with Gasteiger partial charge in [-0.05, 0) is 31.4 Å². The molecule has 0 aromatic heterocycles. The van der Waals surface area contributed by atoms with Gasteiger partial charge >= 0.3 is 0 Å². The van der Waals surface area contributed by atoms with Crippen LogP contribution in [0.25, 0.3) is 0 Å². The van der Waals surface area contributed by atoms with Crippen LogP contribution in [0.1, 0.15) is 36.0 Å². The smallest absolute Gasteiger partial charge is 0.251 e. The quantitative estimate of drug-likeness (QED) is 0.841. The van der Waals surface area contributed by atoms with E-state index >= 15 is 0 Å². The Morgan fingerprint density at radius 2 is 2.08 bits per heavy atom. The van der Waals surface area contributed by atoms with Gasteiger partial charge in [0.15, 0.2) is 0 Å². The van der Waals surface area contributed by atoms with Crippen molar-refractivity contribution >= 4 is 11.8 Å². The highest BCUT2D eigenvalue weighted by molar-refractivity contribution is 5.94. The summed E-state index contributed by atoms with van der Waals surface area (Å²) in [5, 5.41) is 6.32. The summed E-state index contributed by atoms with van der Waals surface area (Å²) >= 11 is 0.